The first-order valence-corrected chi connectivity index (χ1v) is 7.87. The van der Waals surface area contributed by atoms with Crippen molar-refractivity contribution in [1.29, 1.82) is 0 Å². The third-order valence-electron chi connectivity index (χ3n) is 4.04. The maximum atomic E-state index is 13.1. The van der Waals surface area contributed by atoms with Crippen molar-refractivity contribution in [3.63, 3.8) is 0 Å². The minimum absolute atomic E-state index is 0.0205. The lowest BCUT2D eigenvalue weighted by atomic mass is 10.0. The third-order valence-corrected chi connectivity index (χ3v) is 4.04. The summed E-state index contributed by atoms with van der Waals surface area (Å²) < 4.78 is 66.3. The second-order valence-corrected chi connectivity index (χ2v) is 5.87. The molecule has 0 aliphatic rings. The van der Waals surface area contributed by atoms with E-state index in [9.17, 15) is 27.1 Å². The SMILES string of the molecule is C=c1cc(C(F)F)n2ncc(=C(O)CCc3ccccc3C(F)(F)F)c2n1. The van der Waals surface area contributed by atoms with E-state index in [4.69, 9.17) is 0 Å². The number of fused-ring (bicyclic) bond motifs is 1. The molecule has 0 unspecified atom stereocenters. The van der Waals surface area contributed by atoms with E-state index in [0.29, 0.717) is 0 Å². The number of benzene rings is 1. The van der Waals surface area contributed by atoms with Gasteiger partial charge in [0.1, 0.15) is 11.5 Å². The Hall–Kier alpha value is -2.97. The predicted molar refractivity (Wildman–Crippen MR) is 88.5 cm³/mol. The Bertz CT molecular complexity index is 1090. The molecule has 142 valence electrons. The van der Waals surface area contributed by atoms with Gasteiger partial charge in [0, 0.05) is 6.42 Å². The normalized spacial score (nSPS) is 13.4. The molecule has 0 fully saturated rings. The average molecular weight is 383 g/mol. The van der Waals surface area contributed by atoms with E-state index in [1.807, 2.05) is 0 Å². The van der Waals surface area contributed by atoms with Crippen LogP contribution in [0.1, 0.15) is 29.7 Å². The molecule has 0 aliphatic heterocycles. The van der Waals surface area contributed by atoms with Gasteiger partial charge >= 0.3 is 6.18 Å². The van der Waals surface area contributed by atoms with Crippen LogP contribution >= 0.6 is 0 Å². The van der Waals surface area contributed by atoms with E-state index < -0.39 is 23.9 Å². The number of hydrogen-bond acceptors (Lipinski definition) is 3. The number of aliphatic hydroxyl groups excluding tert-OH is 1. The number of halogens is 5. The Morgan fingerprint density at radius 1 is 1.22 bits per heavy atom. The summed E-state index contributed by atoms with van der Waals surface area (Å²) in [4.78, 5) is 4.01. The molecule has 9 heteroatoms. The molecule has 2 aromatic heterocycles. The topological polar surface area (TPSA) is 50.4 Å². The molecule has 0 spiro atoms. The Labute approximate surface area is 149 Å². The largest absolute Gasteiger partial charge is 0.511 e. The molecular formula is C18H14F5N3O. The van der Waals surface area contributed by atoms with Crippen molar-refractivity contribution in [3.05, 3.63) is 63.9 Å². The van der Waals surface area contributed by atoms with Crippen LogP contribution in [0.4, 0.5) is 22.0 Å². The summed E-state index contributed by atoms with van der Waals surface area (Å²) in [7, 11) is 0. The second-order valence-electron chi connectivity index (χ2n) is 5.87. The molecule has 2 heterocycles. The minimum atomic E-state index is -4.51. The van der Waals surface area contributed by atoms with E-state index in [-0.39, 0.29) is 40.4 Å². The zero-order valence-corrected chi connectivity index (χ0v) is 13.8. The summed E-state index contributed by atoms with van der Waals surface area (Å²) in [6.07, 6.45) is -6.41. The lowest BCUT2D eigenvalue weighted by molar-refractivity contribution is -0.138. The fourth-order valence-corrected chi connectivity index (χ4v) is 2.80. The molecule has 0 amide bonds. The van der Waals surface area contributed by atoms with Gasteiger partial charge in [0.2, 0.25) is 0 Å². The molecular weight excluding hydrogens is 369 g/mol. The van der Waals surface area contributed by atoms with Crippen LogP contribution in [0.3, 0.4) is 0 Å². The standard InChI is InChI=1S/C18H14F5N3O/c1-10-8-14(16(19)20)26-17(25-10)12(9-24-26)15(27)7-6-11-4-2-3-5-13(11)18(21,22)23/h2-5,8-9,16,27H,1,6-7H2. The number of aromatic nitrogens is 3. The number of alkyl halides is 5. The summed E-state index contributed by atoms with van der Waals surface area (Å²) >= 11 is 0. The molecule has 4 nitrogen and oxygen atoms in total. The number of hydrogen-bond donors (Lipinski definition) is 1. The van der Waals surface area contributed by atoms with Gasteiger partial charge in [-0.2, -0.15) is 18.3 Å². The maximum Gasteiger partial charge on any atom is 0.416 e. The number of aryl methyl sites for hydroxylation is 1. The van der Waals surface area contributed by atoms with Crippen LogP contribution in [0.5, 0.6) is 0 Å². The third kappa shape index (κ3) is 3.76. The van der Waals surface area contributed by atoms with Gasteiger partial charge in [-0.15, -0.1) is 0 Å². The van der Waals surface area contributed by atoms with E-state index in [2.05, 4.69) is 16.7 Å². The molecule has 1 aromatic carbocycles. The fourth-order valence-electron chi connectivity index (χ4n) is 2.80. The predicted octanol–water partition coefficient (Wildman–Crippen LogP) is 3.40. The Morgan fingerprint density at radius 2 is 1.93 bits per heavy atom. The van der Waals surface area contributed by atoms with Gasteiger partial charge in [-0.1, -0.05) is 24.8 Å². The van der Waals surface area contributed by atoms with E-state index in [0.717, 1.165) is 22.8 Å². The highest BCUT2D eigenvalue weighted by Gasteiger charge is 2.32. The van der Waals surface area contributed by atoms with Crippen molar-refractivity contribution in [1.82, 2.24) is 14.6 Å². The summed E-state index contributed by atoms with van der Waals surface area (Å²) in [6.45, 7) is 3.52. The van der Waals surface area contributed by atoms with Crippen molar-refractivity contribution in [2.75, 3.05) is 0 Å². The van der Waals surface area contributed by atoms with Gasteiger partial charge < -0.3 is 5.11 Å². The summed E-state index contributed by atoms with van der Waals surface area (Å²) in [6, 6.07) is 6.13. The Morgan fingerprint density at radius 3 is 2.59 bits per heavy atom. The highest BCUT2D eigenvalue weighted by atomic mass is 19.4. The van der Waals surface area contributed by atoms with E-state index in [1.165, 1.54) is 18.2 Å². The molecule has 0 bridgehead atoms. The van der Waals surface area contributed by atoms with Crippen LogP contribution in [0.25, 0.3) is 18.0 Å². The van der Waals surface area contributed by atoms with Gasteiger partial charge in [0.05, 0.1) is 22.3 Å². The minimum Gasteiger partial charge on any atom is -0.511 e. The quantitative estimate of drug-likeness (QED) is 0.703. The van der Waals surface area contributed by atoms with Crippen molar-refractivity contribution < 1.29 is 27.1 Å². The zero-order valence-electron chi connectivity index (χ0n) is 13.8. The summed E-state index contributed by atoms with van der Waals surface area (Å²) in [5.74, 6) is -0.291. The number of nitrogens with zero attached hydrogens (tertiary/aromatic N) is 3. The van der Waals surface area contributed by atoms with Gasteiger partial charge in [-0.25, -0.2) is 18.3 Å². The number of rotatable bonds is 4. The maximum absolute atomic E-state index is 13.1. The van der Waals surface area contributed by atoms with E-state index in [1.54, 1.807) is 0 Å². The Kier molecular flexibility index (Phi) is 4.86. The highest BCUT2D eigenvalue weighted by molar-refractivity contribution is 5.50. The zero-order chi connectivity index (χ0) is 19.8. The van der Waals surface area contributed by atoms with Gasteiger partial charge in [0.25, 0.3) is 6.43 Å². The van der Waals surface area contributed by atoms with Gasteiger partial charge in [-0.05, 0) is 24.1 Å². The molecule has 0 saturated heterocycles. The molecule has 0 saturated carbocycles. The molecule has 3 rings (SSSR count). The van der Waals surface area contributed by atoms with Crippen LogP contribution in [0.15, 0.2) is 36.5 Å². The number of aliphatic hydroxyl groups is 1. The first-order chi connectivity index (χ1) is 12.7. The molecule has 3 aromatic rings. The van der Waals surface area contributed by atoms with Crippen molar-refractivity contribution in [3.8, 4) is 0 Å². The molecule has 1 N–H and O–H groups in total. The average Bonchev–Trinajstić information content (AvgIpc) is 3.02. The summed E-state index contributed by atoms with van der Waals surface area (Å²) in [5.41, 5.74) is -1.23. The monoisotopic (exact) mass is 383 g/mol. The first-order valence-electron chi connectivity index (χ1n) is 7.87. The molecule has 27 heavy (non-hydrogen) atoms. The Balaban J connectivity index is 2.01. The van der Waals surface area contributed by atoms with Crippen LogP contribution in [0.2, 0.25) is 0 Å². The fraction of sp³-hybridized carbons (Fsp3) is 0.222. The first kappa shape index (κ1) is 18.8. The smallest absolute Gasteiger partial charge is 0.416 e. The van der Waals surface area contributed by atoms with Crippen molar-refractivity contribution in [2.24, 2.45) is 0 Å². The van der Waals surface area contributed by atoms with Crippen LogP contribution in [-0.4, -0.2) is 19.7 Å². The lowest BCUT2D eigenvalue weighted by Crippen LogP contribution is -2.17. The van der Waals surface area contributed by atoms with E-state index >= 15 is 0 Å². The van der Waals surface area contributed by atoms with Crippen LogP contribution < -0.4 is 10.6 Å². The van der Waals surface area contributed by atoms with Crippen LogP contribution in [0, 0.1) is 0 Å². The summed E-state index contributed by atoms with van der Waals surface area (Å²) in [5, 5.41) is 14.3. The second kappa shape index (κ2) is 6.98. The molecule has 0 atom stereocenters. The van der Waals surface area contributed by atoms with Crippen molar-refractivity contribution in [2.45, 2.75) is 25.4 Å². The molecule has 0 radical (unpaired) electrons. The highest BCUT2D eigenvalue weighted by Crippen LogP contribution is 2.32. The lowest BCUT2D eigenvalue weighted by Gasteiger charge is -2.12. The van der Waals surface area contributed by atoms with Crippen molar-refractivity contribution >= 4 is 18.0 Å². The van der Waals surface area contributed by atoms with Gasteiger partial charge in [-0.3, -0.25) is 0 Å². The van der Waals surface area contributed by atoms with Crippen LogP contribution in [-0.2, 0) is 12.6 Å². The molecule has 0 aliphatic carbocycles. The van der Waals surface area contributed by atoms with Gasteiger partial charge in [0.15, 0.2) is 5.65 Å².